The van der Waals surface area contributed by atoms with E-state index >= 15 is 0 Å². The van der Waals surface area contributed by atoms with E-state index in [9.17, 15) is 4.79 Å². The molecule has 3 aromatic rings. The van der Waals surface area contributed by atoms with Crippen molar-refractivity contribution in [3.8, 4) is 11.4 Å². The molecule has 0 bridgehead atoms. The van der Waals surface area contributed by atoms with Crippen molar-refractivity contribution >= 4 is 27.5 Å². The molecule has 6 nitrogen and oxygen atoms in total. The minimum Gasteiger partial charge on any atom is -0.324 e. The van der Waals surface area contributed by atoms with Gasteiger partial charge >= 0.3 is 0 Å². The second-order valence-electron chi connectivity index (χ2n) is 5.50. The number of carbonyl (C=O) groups is 1. The number of hydrogen-bond donors (Lipinski definition) is 1. The summed E-state index contributed by atoms with van der Waals surface area (Å²) in [5.74, 6) is 0.291. The Morgan fingerprint density at radius 3 is 2.58 bits per heavy atom. The van der Waals surface area contributed by atoms with Crippen LogP contribution in [0.2, 0.25) is 0 Å². The van der Waals surface area contributed by atoms with Gasteiger partial charge in [0.15, 0.2) is 0 Å². The number of nitrogens with one attached hydrogen (secondary N) is 1. The Hall–Kier alpha value is -2.54. The van der Waals surface area contributed by atoms with Gasteiger partial charge in [-0.15, -0.1) is 10.2 Å². The van der Waals surface area contributed by atoms with Crippen LogP contribution in [-0.2, 0) is 11.3 Å². The molecule has 2 aromatic carbocycles. The van der Waals surface area contributed by atoms with E-state index in [0.29, 0.717) is 5.82 Å². The molecular weight excluding hydrogens is 370 g/mol. The number of hydrogen-bond acceptors (Lipinski definition) is 4. The number of aromatic nitrogens is 4. The van der Waals surface area contributed by atoms with Gasteiger partial charge in [0.25, 0.3) is 0 Å². The van der Waals surface area contributed by atoms with Crippen molar-refractivity contribution in [2.45, 2.75) is 20.4 Å². The number of rotatable bonds is 4. The predicted molar refractivity (Wildman–Crippen MR) is 95.5 cm³/mol. The van der Waals surface area contributed by atoms with E-state index in [1.54, 1.807) is 0 Å². The molecule has 122 valence electrons. The molecule has 0 atom stereocenters. The molecule has 0 aliphatic rings. The molecule has 1 amide bonds. The van der Waals surface area contributed by atoms with E-state index in [0.717, 1.165) is 21.3 Å². The van der Waals surface area contributed by atoms with Gasteiger partial charge in [-0.3, -0.25) is 4.79 Å². The highest BCUT2D eigenvalue weighted by Crippen LogP contribution is 2.17. The van der Waals surface area contributed by atoms with Gasteiger partial charge in [0.05, 0.1) is 0 Å². The smallest absolute Gasteiger partial charge is 0.248 e. The summed E-state index contributed by atoms with van der Waals surface area (Å²) in [4.78, 5) is 13.4. The Morgan fingerprint density at radius 2 is 1.88 bits per heavy atom. The fourth-order valence-corrected chi connectivity index (χ4v) is 2.44. The standard InChI is InChI=1S/C17H16BrN5O/c1-11-3-8-15(9-12(11)2)19-16(24)10-23-21-17(20-22-23)13-4-6-14(18)7-5-13/h3-9H,10H2,1-2H3,(H,19,24). The van der Waals surface area contributed by atoms with Crippen molar-refractivity contribution in [3.63, 3.8) is 0 Å². The molecule has 0 unspecified atom stereocenters. The molecule has 0 radical (unpaired) electrons. The minimum absolute atomic E-state index is 0.0104. The first kappa shape index (κ1) is 16.3. The fraction of sp³-hybridized carbons (Fsp3) is 0.176. The van der Waals surface area contributed by atoms with Gasteiger partial charge in [-0.05, 0) is 66.6 Å². The summed E-state index contributed by atoms with van der Waals surface area (Å²) in [5.41, 5.74) is 3.92. The summed E-state index contributed by atoms with van der Waals surface area (Å²) >= 11 is 3.38. The first-order valence-electron chi connectivity index (χ1n) is 7.42. The van der Waals surface area contributed by atoms with Crippen LogP contribution in [-0.4, -0.2) is 26.1 Å². The van der Waals surface area contributed by atoms with Crippen molar-refractivity contribution < 1.29 is 4.79 Å². The monoisotopic (exact) mass is 385 g/mol. The summed E-state index contributed by atoms with van der Waals surface area (Å²) in [5, 5.41) is 15.0. The molecular formula is C17H16BrN5O. The molecule has 1 heterocycles. The SMILES string of the molecule is Cc1ccc(NC(=O)Cn2nnc(-c3ccc(Br)cc3)n2)cc1C. The summed E-state index contributed by atoms with van der Waals surface area (Å²) in [6.45, 7) is 4.05. The maximum Gasteiger partial charge on any atom is 0.248 e. The van der Waals surface area contributed by atoms with Crippen molar-refractivity contribution in [1.82, 2.24) is 20.2 Å². The third-order valence-corrected chi connectivity index (χ3v) is 4.16. The number of benzene rings is 2. The fourth-order valence-electron chi connectivity index (χ4n) is 2.17. The molecule has 3 rings (SSSR count). The summed E-state index contributed by atoms with van der Waals surface area (Å²) in [7, 11) is 0. The lowest BCUT2D eigenvalue weighted by Crippen LogP contribution is -2.20. The van der Waals surface area contributed by atoms with E-state index in [4.69, 9.17) is 0 Å². The second-order valence-corrected chi connectivity index (χ2v) is 6.41. The number of anilines is 1. The first-order chi connectivity index (χ1) is 11.5. The number of tetrazole rings is 1. The van der Waals surface area contributed by atoms with Crippen molar-refractivity contribution in [2.75, 3.05) is 5.32 Å². The number of aryl methyl sites for hydroxylation is 2. The Balaban J connectivity index is 1.66. The highest BCUT2D eigenvalue weighted by Gasteiger charge is 2.10. The van der Waals surface area contributed by atoms with Crippen LogP contribution in [0.5, 0.6) is 0 Å². The molecule has 1 N–H and O–H groups in total. The van der Waals surface area contributed by atoms with Gasteiger partial charge in [-0.2, -0.15) is 4.80 Å². The Labute approximate surface area is 148 Å². The quantitative estimate of drug-likeness (QED) is 0.747. The van der Waals surface area contributed by atoms with Crippen LogP contribution < -0.4 is 5.32 Å². The van der Waals surface area contributed by atoms with Gasteiger partial charge in [-0.1, -0.05) is 22.0 Å². The van der Waals surface area contributed by atoms with E-state index in [1.165, 1.54) is 10.4 Å². The average Bonchev–Trinajstić information content (AvgIpc) is 3.00. The van der Waals surface area contributed by atoms with Crippen LogP contribution >= 0.6 is 15.9 Å². The van der Waals surface area contributed by atoms with Crippen LogP contribution in [0.1, 0.15) is 11.1 Å². The maximum atomic E-state index is 12.1. The molecule has 0 saturated carbocycles. The molecule has 7 heteroatoms. The van der Waals surface area contributed by atoms with Crippen molar-refractivity contribution in [1.29, 1.82) is 0 Å². The molecule has 0 fully saturated rings. The van der Waals surface area contributed by atoms with E-state index < -0.39 is 0 Å². The molecule has 1 aromatic heterocycles. The summed E-state index contributed by atoms with van der Waals surface area (Å²) in [6, 6.07) is 13.4. The van der Waals surface area contributed by atoms with Crippen LogP contribution in [0.15, 0.2) is 46.9 Å². The Kier molecular flexibility index (Phi) is 4.71. The number of nitrogens with zero attached hydrogens (tertiary/aromatic N) is 4. The number of amides is 1. The molecule has 0 aliphatic carbocycles. The lowest BCUT2D eigenvalue weighted by atomic mass is 10.1. The van der Waals surface area contributed by atoms with Crippen LogP contribution in [0.25, 0.3) is 11.4 Å². The van der Waals surface area contributed by atoms with Gasteiger partial charge < -0.3 is 5.32 Å². The normalized spacial score (nSPS) is 10.6. The first-order valence-corrected chi connectivity index (χ1v) is 8.21. The third-order valence-electron chi connectivity index (χ3n) is 3.63. The van der Waals surface area contributed by atoms with Crippen LogP contribution in [0, 0.1) is 13.8 Å². The summed E-state index contributed by atoms with van der Waals surface area (Å²) in [6.07, 6.45) is 0. The lowest BCUT2D eigenvalue weighted by molar-refractivity contribution is -0.117. The lowest BCUT2D eigenvalue weighted by Gasteiger charge is -2.07. The van der Waals surface area contributed by atoms with E-state index in [1.807, 2.05) is 56.3 Å². The zero-order valence-corrected chi connectivity index (χ0v) is 14.9. The number of carbonyl (C=O) groups excluding carboxylic acids is 1. The maximum absolute atomic E-state index is 12.1. The van der Waals surface area contributed by atoms with Crippen molar-refractivity contribution in [2.24, 2.45) is 0 Å². The highest BCUT2D eigenvalue weighted by molar-refractivity contribution is 9.10. The zero-order chi connectivity index (χ0) is 17.1. The summed E-state index contributed by atoms with van der Waals surface area (Å²) < 4.78 is 0.978. The predicted octanol–water partition coefficient (Wildman–Crippen LogP) is 3.36. The van der Waals surface area contributed by atoms with Crippen LogP contribution in [0.4, 0.5) is 5.69 Å². The number of halogens is 1. The minimum atomic E-state index is -0.196. The second kappa shape index (κ2) is 6.92. The Bertz CT molecular complexity index is 873. The van der Waals surface area contributed by atoms with Gasteiger partial charge in [-0.25, -0.2) is 0 Å². The van der Waals surface area contributed by atoms with Gasteiger partial charge in [0, 0.05) is 15.7 Å². The van der Waals surface area contributed by atoms with Crippen LogP contribution in [0.3, 0.4) is 0 Å². The van der Waals surface area contributed by atoms with E-state index in [-0.39, 0.29) is 12.5 Å². The highest BCUT2D eigenvalue weighted by atomic mass is 79.9. The zero-order valence-electron chi connectivity index (χ0n) is 13.3. The topological polar surface area (TPSA) is 72.7 Å². The largest absolute Gasteiger partial charge is 0.324 e. The molecule has 0 saturated heterocycles. The van der Waals surface area contributed by atoms with Gasteiger partial charge in [0.2, 0.25) is 11.7 Å². The Morgan fingerprint density at radius 1 is 1.12 bits per heavy atom. The molecule has 0 aliphatic heterocycles. The van der Waals surface area contributed by atoms with E-state index in [2.05, 4.69) is 36.7 Å². The van der Waals surface area contributed by atoms with Crippen molar-refractivity contribution in [3.05, 3.63) is 58.1 Å². The van der Waals surface area contributed by atoms with Gasteiger partial charge in [0.1, 0.15) is 6.54 Å². The third kappa shape index (κ3) is 3.86. The molecule has 24 heavy (non-hydrogen) atoms. The average molecular weight is 386 g/mol. The molecule has 0 spiro atoms.